The highest BCUT2D eigenvalue weighted by Gasteiger charge is 2.13. The van der Waals surface area contributed by atoms with Gasteiger partial charge in [0.1, 0.15) is 0 Å². The van der Waals surface area contributed by atoms with Gasteiger partial charge in [0, 0.05) is 26.2 Å². The number of piperazine rings is 1. The van der Waals surface area contributed by atoms with Crippen LogP contribution >= 0.6 is 0 Å². The lowest BCUT2D eigenvalue weighted by atomic mass is 10.1. The van der Waals surface area contributed by atoms with E-state index < -0.39 is 0 Å². The van der Waals surface area contributed by atoms with Gasteiger partial charge in [-0.2, -0.15) is 0 Å². The normalized spacial score (nSPS) is 17.6. The number of hydrogen-bond donors (Lipinski definition) is 0. The molecule has 0 radical (unpaired) electrons. The summed E-state index contributed by atoms with van der Waals surface area (Å²) in [5.74, 6) is 0.0578. The smallest absolute Gasteiger partial charge is 0.165 e. The molecule has 1 aromatic rings. The molecule has 0 spiro atoms. The first kappa shape index (κ1) is 14.3. The molecule has 4 heteroatoms. The van der Waals surface area contributed by atoms with E-state index in [9.17, 15) is 4.39 Å². The number of benzene rings is 1. The summed E-state index contributed by atoms with van der Waals surface area (Å²) in [5.41, 5.74) is 1.15. The SMILES string of the molecule is COc1cc(CCCN2CCN(C)CC2)ccc1F. The fraction of sp³-hybridized carbons (Fsp3) is 0.600. The Morgan fingerprint density at radius 3 is 2.63 bits per heavy atom. The van der Waals surface area contributed by atoms with Gasteiger partial charge in [-0.1, -0.05) is 6.07 Å². The molecule has 0 amide bonds. The van der Waals surface area contributed by atoms with Crippen molar-refractivity contribution in [3.8, 4) is 5.75 Å². The summed E-state index contributed by atoms with van der Waals surface area (Å²) in [7, 11) is 3.68. The molecule has 1 saturated heterocycles. The minimum absolute atomic E-state index is 0.287. The van der Waals surface area contributed by atoms with Crippen molar-refractivity contribution in [2.45, 2.75) is 12.8 Å². The van der Waals surface area contributed by atoms with Crippen LogP contribution in [0, 0.1) is 5.82 Å². The van der Waals surface area contributed by atoms with Gasteiger partial charge in [0.05, 0.1) is 7.11 Å². The van der Waals surface area contributed by atoms with E-state index in [1.165, 1.54) is 13.2 Å². The molecular formula is C15H23FN2O. The lowest BCUT2D eigenvalue weighted by Crippen LogP contribution is -2.44. The Balaban J connectivity index is 1.76. The molecule has 0 unspecified atom stereocenters. The maximum absolute atomic E-state index is 13.3. The minimum atomic E-state index is -0.287. The summed E-state index contributed by atoms with van der Waals surface area (Å²) in [4.78, 5) is 4.86. The zero-order valence-corrected chi connectivity index (χ0v) is 11.9. The number of nitrogens with zero attached hydrogens (tertiary/aromatic N) is 2. The second-order valence-electron chi connectivity index (χ2n) is 5.22. The monoisotopic (exact) mass is 266 g/mol. The first-order valence-corrected chi connectivity index (χ1v) is 6.92. The van der Waals surface area contributed by atoms with E-state index in [0.717, 1.165) is 51.1 Å². The van der Waals surface area contributed by atoms with E-state index in [1.807, 2.05) is 6.07 Å². The van der Waals surface area contributed by atoms with Crippen molar-refractivity contribution in [1.82, 2.24) is 9.80 Å². The Labute approximate surface area is 115 Å². The summed E-state index contributed by atoms with van der Waals surface area (Å²) in [5, 5.41) is 0. The van der Waals surface area contributed by atoms with E-state index in [2.05, 4.69) is 16.8 Å². The van der Waals surface area contributed by atoms with Crippen molar-refractivity contribution in [3.63, 3.8) is 0 Å². The highest BCUT2D eigenvalue weighted by Crippen LogP contribution is 2.19. The van der Waals surface area contributed by atoms with Gasteiger partial charge < -0.3 is 14.5 Å². The molecule has 3 nitrogen and oxygen atoms in total. The van der Waals surface area contributed by atoms with Gasteiger partial charge in [0.25, 0.3) is 0 Å². The lowest BCUT2D eigenvalue weighted by Gasteiger charge is -2.32. The van der Waals surface area contributed by atoms with Crippen LogP contribution in [0.1, 0.15) is 12.0 Å². The summed E-state index contributed by atoms with van der Waals surface area (Å²) in [6.07, 6.45) is 2.08. The standard InChI is InChI=1S/C15H23FN2O/c1-17-8-10-18(11-9-17)7-3-4-13-5-6-14(16)15(12-13)19-2/h5-6,12H,3-4,7-11H2,1-2H3. The molecule has 1 aliphatic heterocycles. The van der Waals surface area contributed by atoms with E-state index >= 15 is 0 Å². The largest absolute Gasteiger partial charge is 0.494 e. The maximum Gasteiger partial charge on any atom is 0.165 e. The molecule has 2 rings (SSSR count). The molecule has 1 heterocycles. The number of halogens is 1. The van der Waals surface area contributed by atoms with E-state index in [-0.39, 0.29) is 5.82 Å². The predicted molar refractivity (Wildman–Crippen MR) is 75.2 cm³/mol. The van der Waals surface area contributed by atoms with Crippen molar-refractivity contribution in [2.75, 3.05) is 46.9 Å². The average Bonchev–Trinajstić information content (AvgIpc) is 2.43. The maximum atomic E-state index is 13.3. The molecular weight excluding hydrogens is 243 g/mol. The Morgan fingerprint density at radius 2 is 1.95 bits per heavy atom. The Hall–Kier alpha value is -1.13. The zero-order valence-electron chi connectivity index (χ0n) is 11.9. The van der Waals surface area contributed by atoms with Crippen LogP contribution in [0.2, 0.25) is 0 Å². The molecule has 0 aliphatic carbocycles. The zero-order chi connectivity index (χ0) is 13.7. The summed E-state index contributed by atoms with van der Waals surface area (Å²) in [6.45, 7) is 5.74. The van der Waals surface area contributed by atoms with Gasteiger partial charge in [-0.3, -0.25) is 0 Å². The lowest BCUT2D eigenvalue weighted by molar-refractivity contribution is 0.153. The fourth-order valence-electron chi connectivity index (χ4n) is 2.44. The Bertz CT molecular complexity index is 403. The number of methoxy groups -OCH3 is 1. The molecule has 1 aliphatic rings. The summed E-state index contributed by atoms with van der Waals surface area (Å²) < 4.78 is 18.3. The Kier molecular flexibility index (Phi) is 5.16. The van der Waals surface area contributed by atoms with Crippen LogP contribution < -0.4 is 4.74 Å². The van der Waals surface area contributed by atoms with Gasteiger partial charge in [-0.25, -0.2) is 4.39 Å². The quantitative estimate of drug-likeness (QED) is 0.811. The summed E-state index contributed by atoms with van der Waals surface area (Å²) in [6, 6.07) is 5.14. The van der Waals surface area contributed by atoms with E-state index in [4.69, 9.17) is 4.74 Å². The highest BCUT2D eigenvalue weighted by atomic mass is 19.1. The first-order valence-electron chi connectivity index (χ1n) is 6.92. The number of likely N-dealkylation sites (N-methyl/N-ethyl adjacent to an activating group) is 1. The van der Waals surface area contributed by atoms with Crippen LogP contribution in [0.3, 0.4) is 0 Å². The third-order valence-corrected chi connectivity index (χ3v) is 3.75. The third-order valence-electron chi connectivity index (χ3n) is 3.75. The van der Waals surface area contributed by atoms with Crippen LogP contribution in [-0.2, 0) is 6.42 Å². The molecule has 1 fully saturated rings. The number of aryl methyl sites for hydroxylation is 1. The van der Waals surface area contributed by atoms with Crippen LogP contribution in [0.25, 0.3) is 0 Å². The first-order chi connectivity index (χ1) is 9.19. The number of hydrogen-bond acceptors (Lipinski definition) is 3. The van der Waals surface area contributed by atoms with Crippen LogP contribution in [0.5, 0.6) is 5.75 Å². The molecule has 0 atom stereocenters. The highest BCUT2D eigenvalue weighted by molar-refractivity contribution is 5.30. The van der Waals surface area contributed by atoms with Gasteiger partial charge in [-0.15, -0.1) is 0 Å². The van der Waals surface area contributed by atoms with Crippen molar-refractivity contribution in [2.24, 2.45) is 0 Å². The third kappa shape index (κ3) is 4.18. The van der Waals surface area contributed by atoms with Crippen molar-refractivity contribution >= 4 is 0 Å². The van der Waals surface area contributed by atoms with Gasteiger partial charge in [-0.05, 0) is 44.1 Å². The molecule has 0 N–H and O–H groups in total. The second-order valence-corrected chi connectivity index (χ2v) is 5.22. The minimum Gasteiger partial charge on any atom is -0.494 e. The topological polar surface area (TPSA) is 15.7 Å². The van der Waals surface area contributed by atoms with Crippen LogP contribution in [0.15, 0.2) is 18.2 Å². The molecule has 1 aromatic carbocycles. The predicted octanol–water partition coefficient (Wildman–Crippen LogP) is 2.01. The van der Waals surface area contributed by atoms with Crippen molar-refractivity contribution in [1.29, 1.82) is 0 Å². The fourth-order valence-corrected chi connectivity index (χ4v) is 2.44. The average molecular weight is 266 g/mol. The van der Waals surface area contributed by atoms with Crippen LogP contribution in [0.4, 0.5) is 4.39 Å². The second kappa shape index (κ2) is 6.87. The van der Waals surface area contributed by atoms with Crippen molar-refractivity contribution in [3.05, 3.63) is 29.6 Å². The molecule has 106 valence electrons. The molecule has 19 heavy (non-hydrogen) atoms. The summed E-state index contributed by atoms with van der Waals surface area (Å²) >= 11 is 0. The van der Waals surface area contributed by atoms with Crippen LogP contribution in [-0.4, -0.2) is 56.7 Å². The van der Waals surface area contributed by atoms with Gasteiger partial charge in [0.2, 0.25) is 0 Å². The molecule has 0 saturated carbocycles. The van der Waals surface area contributed by atoms with Crippen molar-refractivity contribution < 1.29 is 9.13 Å². The number of ether oxygens (including phenoxy) is 1. The molecule has 0 aromatic heterocycles. The van der Waals surface area contributed by atoms with Gasteiger partial charge >= 0.3 is 0 Å². The molecule has 0 bridgehead atoms. The van der Waals surface area contributed by atoms with E-state index in [0.29, 0.717) is 5.75 Å². The van der Waals surface area contributed by atoms with E-state index in [1.54, 1.807) is 6.07 Å². The number of rotatable bonds is 5. The van der Waals surface area contributed by atoms with Gasteiger partial charge in [0.15, 0.2) is 11.6 Å². The Morgan fingerprint density at radius 1 is 1.21 bits per heavy atom.